The van der Waals surface area contributed by atoms with Crippen LogP contribution in [0.3, 0.4) is 0 Å². The fourth-order valence-electron chi connectivity index (χ4n) is 2.05. The van der Waals surface area contributed by atoms with Crippen LogP contribution < -0.4 is 14.9 Å². The lowest BCUT2D eigenvalue weighted by molar-refractivity contribution is -0.142. The molecule has 7 nitrogen and oxygen atoms in total. The van der Waals surface area contributed by atoms with Gasteiger partial charge in [0.05, 0.1) is 38.7 Å². The average molecular weight is 363 g/mol. The molecule has 0 aliphatic heterocycles. The van der Waals surface area contributed by atoms with Gasteiger partial charge in [0.15, 0.2) is 11.5 Å². The van der Waals surface area contributed by atoms with Gasteiger partial charge in [-0.05, 0) is 26.0 Å². The molecule has 8 heteroatoms. The van der Waals surface area contributed by atoms with E-state index in [1.807, 2.05) is 25.1 Å². The second-order valence-electron chi connectivity index (χ2n) is 4.81. The molecule has 2 aromatic rings. The third-order valence-corrected chi connectivity index (χ3v) is 3.86. The highest BCUT2D eigenvalue weighted by Gasteiger charge is 2.09. The van der Waals surface area contributed by atoms with E-state index < -0.39 is 0 Å². The van der Waals surface area contributed by atoms with Crippen LogP contribution in [0, 0.1) is 0 Å². The summed E-state index contributed by atoms with van der Waals surface area (Å²) in [5, 5.41) is 6.57. The minimum absolute atomic E-state index is 0.153. The van der Waals surface area contributed by atoms with Gasteiger partial charge in [-0.3, -0.25) is 10.2 Å². The molecule has 1 N–H and O–H groups in total. The van der Waals surface area contributed by atoms with Crippen molar-refractivity contribution in [3.8, 4) is 11.5 Å². The van der Waals surface area contributed by atoms with Crippen LogP contribution in [0.1, 0.15) is 25.1 Å². The van der Waals surface area contributed by atoms with Gasteiger partial charge in [0.1, 0.15) is 0 Å². The molecule has 25 heavy (non-hydrogen) atoms. The minimum Gasteiger partial charge on any atom is -0.493 e. The maximum absolute atomic E-state index is 11.4. The van der Waals surface area contributed by atoms with Crippen molar-refractivity contribution in [1.29, 1.82) is 0 Å². The van der Waals surface area contributed by atoms with Gasteiger partial charge < -0.3 is 14.2 Å². The molecule has 0 aliphatic rings. The Labute approximate surface area is 150 Å². The number of hydrazone groups is 1. The molecular weight excluding hydrogens is 342 g/mol. The first-order valence-electron chi connectivity index (χ1n) is 7.86. The predicted molar refractivity (Wildman–Crippen MR) is 97.8 cm³/mol. The summed E-state index contributed by atoms with van der Waals surface area (Å²) in [6, 6.07) is 5.58. The number of nitrogens with one attached hydrogen (secondary N) is 1. The molecular formula is C17H21N3O4S. The Hall–Kier alpha value is -2.61. The Morgan fingerprint density at radius 3 is 2.92 bits per heavy atom. The molecule has 0 atom stereocenters. The largest absolute Gasteiger partial charge is 0.493 e. The van der Waals surface area contributed by atoms with Crippen molar-refractivity contribution in [3.05, 3.63) is 34.8 Å². The van der Waals surface area contributed by atoms with E-state index in [9.17, 15) is 4.79 Å². The number of hydrogen-bond donors (Lipinski definition) is 1. The van der Waals surface area contributed by atoms with Crippen molar-refractivity contribution < 1.29 is 19.0 Å². The number of anilines is 1. The van der Waals surface area contributed by atoms with Gasteiger partial charge >= 0.3 is 5.97 Å². The summed E-state index contributed by atoms with van der Waals surface area (Å²) in [6.45, 7) is 4.57. The molecule has 0 fully saturated rings. The van der Waals surface area contributed by atoms with E-state index in [0.29, 0.717) is 35.5 Å². The molecule has 0 bridgehead atoms. The number of ether oxygens (including phenoxy) is 3. The van der Waals surface area contributed by atoms with E-state index in [0.717, 1.165) is 5.56 Å². The summed E-state index contributed by atoms with van der Waals surface area (Å²) in [6.07, 6.45) is 1.79. The Morgan fingerprint density at radius 2 is 2.20 bits per heavy atom. The number of hydrogen-bond acceptors (Lipinski definition) is 8. The number of aromatic nitrogens is 1. The van der Waals surface area contributed by atoms with Crippen molar-refractivity contribution in [1.82, 2.24) is 4.98 Å². The number of para-hydroxylation sites is 1. The highest BCUT2D eigenvalue weighted by Crippen LogP contribution is 2.30. The van der Waals surface area contributed by atoms with Crippen molar-refractivity contribution in [3.63, 3.8) is 0 Å². The lowest BCUT2D eigenvalue weighted by Crippen LogP contribution is -2.07. The predicted octanol–water partition coefficient (Wildman–Crippen LogP) is 3.10. The second kappa shape index (κ2) is 9.63. The average Bonchev–Trinajstić information content (AvgIpc) is 3.03. The Morgan fingerprint density at radius 1 is 1.36 bits per heavy atom. The van der Waals surface area contributed by atoms with Gasteiger partial charge in [-0.25, -0.2) is 4.98 Å². The molecule has 0 aliphatic carbocycles. The van der Waals surface area contributed by atoms with Crippen LogP contribution >= 0.6 is 11.3 Å². The molecule has 0 unspecified atom stereocenters. The maximum atomic E-state index is 11.4. The molecule has 1 aromatic heterocycles. The quantitative estimate of drug-likeness (QED) is 0.419. The molecule has 134 valence electrons. The summed E-state index contributed by atoms with van der Waals surface area (Å²) in [5.74, 6) is 0.998. The third-order valence-electron chi connectivity index (χ3n) is 3.06. The lowest BCUT2D eigenvalue weighted by atomic mass is 10.2. The fraction of sp³-hybridized carbons (Fsp3) is 0.353. The summed E-state index contributed by atoms with van der Waals surface area (Å²) in [4.78, 5) is 15.7. The van der Waals surface area contributed by atoms with Crippen molar-refractivity contribution in [2.75, 3.05) is 25.7 Å². The summed E-state index contributed by atoms with van der Waals surface area (Å²) >= 11 is 1.37. The van der Waals surface area contributed by atoms with Crippen LogP contribution in [0.4, 0.5) is 5.13 Å². The van der Waals surface area contributed by atoms with Gasteiger partial charge in [0, 0.05) is 10.9 Å². The van der Waals surface area contributed by atoms with E-state index in [4.69, 9.17) is 14.2 Å². The van der Waals surface area contributed by atoms with Crippen LogP contribution in [0.15, 0.2) is 28.7 Å². The number of nitrogens with zero attached hydrogens (tertiary/aromatic N) is 2. The fourth-order valence-corrected chi connectivity index (χ4v) is 2.71. The Kier molecular flexibility index (Phi) is 7.21. The second-order valence-corrected chi connectivity index (χ2v) is 5.67. The third kappa shape index (κ3) is 5.46. The van der Waals surface area contributed by atoms with Gasteiger partial charge in [-0.15, -0.1) is 11.3 Å². The number of carbonyl (C=O) groups is 1. The zero-order valence-electron chi connectivity index (χ0n) is 14.4. The van der Waals surface area contributed by atoms with Crippen LogP contribution in [0.2, 0.25) is 0 Å². The van der Waals surface area contributed by atoms with Crippen LogP contribution in [0.5, 0.6) is 11.5 Å². The first-order valence-corrected chi connectivity index (χ1v) is 8.74. The smallest absolute Gasteiger partial charge is 0.311 e. The Balaban J connectivity index is 2.02. The summed E-state index contributed by atoms with van der Waals surface area (Å²) in [7, 11) is 1.59. The number of thiazole rings is 1. The van der Waals surface area contributed by atoms with Crippen molar-refractivity contribution >= 4 is 28.7 Å². The SMILES string of the molecule is CCOC(=O)Cc1csc(N/N=C\c2cccc(OC)c2OCC)n1. The Bertz CT molecular complexity index is 730. The van der Waals surface area contributed by atoms with Gasteiger partial charge in [-0.1, -0.05) is 6.07 Å². The maximum Gasteiger partial charge on any atom is 0.311 e. The zero-order valence-corrected chi connectivity index (χ0v) is 15.3. The van der Waals surface area contributed by atoms with E-state index in [1.54, 1.807) is 25.6 Å². The minimum atomic E-state index is -0.291. The van der Waals surface area contributed by atoms with Crippen molar-refractivity contribution in [2.24, 2.45) is 5.10 Å². The molecule has 0 spiro atoms. The van der Waals surface area contributed by atoms with E-state index >= 15 is 0 Å². The zero-order chi connectivity index (χ0) is 18.1. The first-order chi connectivity index (χ1) is 12.2. The van der Waals surface area contributed by atoms with Crippen LogP contribution in [0.25, 0.3) is 0 Å². The normalized spacial score (nSPS) is 10.7. The monoisotopic (exact) mass is 363 g/mol. The van der Waals surface area contributed by atoms with E-state index in [-0.39, 0.29) is 12.4 Å². The highest BCUT2D eigenvalue weighted by atomic mass is 32.1. The number of esters is 1. The standard InChI is InChI=1S/C17H21N3O4S/c1-4-23-15(21)9-13-11-25-17(19-13)20-18-10-12-7-6-8-14(22-3)16(12)24-5-2/h6-8,10-11H,4-5,9H2,1-3H3,(H,19,20)/b18-10-. The number of carbonyl (C=O) groups excluding carboxylic acids is 1. The molecule has 1 aromatic carbocycles. The number of rotatable bonds is 9. The summed E-state index contributed by atoms with van der Waals surface area (Å²) in [5.41, 5.74) is 4.29. The molecule has 0 radical (unpaired) electrons. The van der Waals surface area contributed by atoms with E-state index in [1.165, 1.54) is 11.3 Å². The van der Waals surface area contributed by atoms with Gasteiger partial charge in [0.2, 0.25) is 5.13 Å². The topological polar surface area (TPSA) is 82.0 Å². The van der Waals surface area contributed by atoms with Gasteiger partial charge in [-0.2, -0.15) is 5.10 Å². The van der Waals surface area contributed by atoms with Crippen molar-refractivity contribution in [2.45, 2.75) is 20.3 Å². The molecule has 2 rings (SSSR count). The lowest BCUT2D eigenvalue weighted by Gasteiger charge is -2.11. The van der Waals surface area contributed by atoms with E-state index in [2.05, 4.69) is 15.5 Å². The molecule has 0 saturated heterocycles. The molecule has 1 heterocycles. The number of benzene rings is 1. The van der Waals surface area contributed by atoms with Crippen LogP contribution in [-0.4, -0.2) is 37.5 Å². The van der Waals surface area contributed by atoms with Crippen LogP contribution in [-0.2, 0) is 16.0 Å². The highest BCUT2D eigenvalue weighted by molar-refractivity contribution is 7.13. The van der Waals surface area contributed by atoms with Gasteiger partial charge in [0.25, 0.3) is 0 Å². The number of methoxy groups -OCH3 is 1. The summed E-state index contributed by atoms with van der Waals surface area (Å²) < 4.78 is 15.8. The molecule has 0 saturated carbocycles. The molecule has 0 amide bonds. The first kappa shape index (κ1) is 18.7.